The van der Waals surface area contributed by atoms with Gasteiger partial charge in [-0.05, 0) is 37.3 Å². The molecule has 6 heteroatoms. The lowest BCUT2D eigenvalue weighted by Gasteiger charge is -2.11. The molecule has 0 aliphatic heterocycles. The number of rotatable bonds is 6. The second-order valence-corrected chi connectivity index (χ2v) is 8.12. The van der Waals surface area contributed by atoms with Crippen molar-refractivity contribution >= 4 is 23.2 Å². The summed E-state index contributed by atoms with van der Waals surface area (Å²) >= 11 is 0. The van der Waals surface area contributed by atoms with Crippen LogP contribution in [0.2, 0.25) is 0 Å². The van der Waals surface area contributed by atoms with Crippen LogP contribution in [0, 0.1) is 12.8 Å². The van der Waals surface area contributed by atoms with Gasteiger partial charge in [-0.15, -0.1) is 0 Å². The second-order valence-electron chi connectivity index (χ2n) is 8.12. The van der Waals surface area contributed by atoms with Gasteiger partial charge < -0.3 is 15.1 Å². The molecule has 166 valence electrons. The number of nitrogens with zero attached hydrogens (tertiary/aromatic N) is 1. The zero-order chi connectivity index (χ0) is 23.4. The second kappa shape index (κ2) is 9.53. The van der Waals surface area contributed by atoms with E-state index in [4.69, 9.17) is 4.42 Å². The Balaban J connectivity index is 1.56. The quantitative estimate of drug-likeness (QED) is 0.377. The van der Waals surface area contributed by atoms with E-state index in [-0.39, 0.29) is 17.7 Å². The Labute approximate surface area is 192 Å². The van der Waals surface area contributed by atoms with Gasteiger partial charge in [0.1, 0.15) is 0 Å². The molecule has 0 fully saturated rings. The Kier molecular flexibility index (Phi) is 6.36. The molecule has 0 radical (unpaired) electrons. The van der Waals surface area contributed by atoms with E-state index < -0.39 is 0 Å². The van der Waals surface area contributed by atoms with Crippen molar-refractivity contribution in [2.24, 2.45) is 5.92 Å². The average molecular weight is 440 g/mol. The third kappa shape index (κ3) is 5.18. The van der Waals surface area contributed by atoms with E-state index in [0.717, 1.165) is 11.1 Å². The molecule has 33 heavy (non-hydrogen) atoms. The molecule has 3 aromatic carbocycles. The number of nitrogens with one attached hydrogen (secondary N) is 2. The highest BCUT2D eigenvalue weighted by Crippen LogP contribution is 2.29. The summed E-state index contributed by atoms with van der Waals surface area (Å²) in [6, 6.07) is 22.2. The van der Waals surface area contributed by atoms with Crippen LogP contribution in [0.5, 0.6) is 0 Å². The molecule has 1 heterocycles. The zero-order valence-corrected chi connectivity index (χ0v) is 18.8. The van der Waals surface area contributed by atoms with Gasteiger partial charge in [-0.2, -0.15) is 0 Å². The number of carbonyl (C=O) groups is 2. The Morgan fingerprint density at radius 1 is 0.879 bits per heavy atom. The third-order valence-corrected chi connectivity index (χ3v) is 5.16. The topological polar surface area (TPSA) is 84.2 Å². The first-order chi connectivity index (χ1) is 15.9. The predicted molar refractivity (Wildman–Crippen MR) is 130 cm³/mol. The maximum Gasteiger partial charge on any atom is 0.256 e. The molecule has 0 saturated carbocycles. The minimum absolute atomic E-state index is 0.0860. The van der Waals surface area contributed by atoms with Crippen molar-refractivity contribution in [3.05, 3.63) is 90.1 Å². The molecule has 4 rings (SSSR count). The molecule has 4 aromatic rings. The van der Waals surface area contributed by atoms with Gasteiger partial charge in [0.15, 0.2) is 5.76 Å². The summed E-state index contributed by atoms with van der Waals surface area (Å²) in [5.74, 6) is 0.480. The van der Waals surface area contributed by atoms with Gasteiger partial charge in [0.05, 0.1) is 11.8 Å². The van der Waals surface area contributed by atoms with E-state index in [2.05, 4.69) is 15.6 Å². The van der Waals surface area contributed by atoms with Gasteiger partial charge in [0.2, 0.25) is 11.8 Å². The number of amides is 2. The maximum absolute atomic E-state index is 13.1. The van der Waals surface area contributed by atoms with Gasteiger partial charge >= 0.3 is 0 Å². The van der Waals surface area contributed by atoms with Crippen LogP contribution < -0.4 is 10.6 Å². The van der Waals surface area contributed by atoms with Crippen molar-refractivity contribution in [3.8, 4) is 22.8 Å². The highest BCUT2D eigenvalue weighted by atomic mass is 16.4. The van der Waals surface area contributed by atoms with E-state index in [1.807, 2.05) is 51.1 Å². The molecule has 2 N–H and O–H groups in total. The Hall–Kier alpha value is -4.19. The minimum atomic E-state index is -0.298. The van der Waals surface area contributed by atoms with Crippen LogP contribution in [0.15, 0.2) is 83.4 Å². The van der Waals surface area contributed by atoms with Crippen LogP contribution in [0.3, 0.4) is 0 Å². The maximum atomic E-state index is 13.1. The average Bonchev–Trinajstić information content (AvgIpc) is 3.30. The van der Waals surface area contributed by atoms with Gasteiger partial charge in [0, 0.05) is 28.4 Å². The summed E-state index contributed by atoms with van der Waals surface area (Å²) in [4.78, 5) is 29.5. The molecule has 0 unspecified atom stereocenters. The SMILES string of the molecule is Cc1ccc(-c2cnc(-c3ccccc3C(=O)Nc3cccc(NC(=O)C(C)C)c3)o2)cc1. The largest absolute Gasteiger partial charge is 0.436 e. The zero-order valence-electron chi connectivity index (χ0n) is 18.8. The fraction of sp³-hybridized carbons (Fsp3) is 0.148. The number of aromatic nitrogens is 1. The number of anilines is 2. The molecule has 0 bridgehead atoms. The monoisotopic (exact) mass is 439 g/mol. The number of hydrogen-bond donors (Lipinski definition) is 2. The molecule has 0 aliphatic carbocycles. The summed E-state index contributed by atoms with van der Waals surface area (Å²) < 4.78 is 5.98. The fourth-order valence-corrected chi connectivity index (χ4v) is 3.28. The standard InChI is InChI=1S/C27H25N3O3/c1-17(2)25(31)29-20-7-6-8-21(15-20)30-26(32)22-9-4-5-10-23(22)27-28-16-24(33-27)19-13-11-18(3)12-14-19/h4-17H,1-3H3,(H,29,31)(H,30,32). The Morgan fingerprint density at radius 3 is 2.30 bits per heavy atom. The molecule has 0 saturated heterocycles. The predicted octanol–water partition coefficient (Wildman–Crippen LogP) is 6.16. The van der Waals surface area contributed by atoms with E-state index in [0.29, 0.717) is 34.2 Å². The molecule has 2 amide bonds. The van der Waals surface area contributed by atoms with Gasteiger partial charge in [-0.1, -0.05) is 61.9 Å². The first-order valence-electron chi connectivity index (χ1n) is 10.8. The van der Waals surface area contributed by atoms with Crippen LogP contribution >= 0.6 is 0 Å². The number of oxazole rings is 1. The van der Waals surface area contributed by atoms with Gasteiger partial charge in [-0.25, -0.2) is 4.98 Å². The van der Waals surface area contributed by atoms with E-state index >= 15 is 0 Å². The fourth-order valence-electron chi connectivity index (χ4n) is 3.28. The summed E-state index contributed by atoms with van der Waals surface area (Å²) in [5.41, 5.74) is 4.30. The number of aryl methyl sites for hydroxylation is 1. The Morgan fingerprint density at radius 2 is 1.58 bits per heavy atom. The van der Waals surface area contributed by atoms with Gasteiger partial charge in [0.25, 0.3) is 5.91 Å². The van der Waals surface area contributed by atoms with Crippen molar-refractivity contribution in [2.45, 2.75) is 20.8 Å². The number of benzene rings is 3. The molecule has 0 atom stereocenters. The first kappa shape index (κ1) is 22.0. The molecular weight excluding hydrogens is 414 g/mol. The van der Waals surface area contributed by atoms with Crippen LogP contribution in [-0.4, -0.2) is 16.8 Å². The lowest BCUT2D eigenvalue weighted by molar-refractivity contribution is -0.118. The molecule has 6 nitrogen and oxygen atoms in total. The van der Waals surface area contributed by atoms with Crippen molar-refractivity contribution in [1.82, 2.24) is 4.98 Å². The molecular formula is C27H25N3O3. The molecule has 0 spiro atoms. The van der Waals surface area contributed by atoms with E-state index in [9.17, 15) is 9.59 Å². The van der Waals surface area contributed by atoms with Crippen LogP contribution in [0.4, 0.5) is 11.4 Å². The summed E-state index contributed by atoms with van der Waals surface area (Å²) in [6.07, 6.45) is 1.66. The van der Waals surface area contributed by atoms with Crippen molar-refractivity contribution < 1.29 is 14.0 Å². The smallest absolute Gasteiger partial charge is 0.256 e. The summed E-state index contributed by atoms with van der Waals surface area (Å²) in [7, 11) is 0. The number of hydrogen-bond acceptors (Lipinski definition) is 4. The third-order valence-electron chi connectivity index (χ3n) is 5.16. The highest BCUT2D eigenvalue weighted by Gasteiger charge is 2.17. The van der Waals surface area contributed by atoms with E-state index in [1.165, 1.54) is 0 Å². The molecule has 0 aliphatic rings. The highest BCUT2D eigenvalue weighted by molar-refractivity contribution is 6.08. The molecule has 1 aromatic heterocycles. The minimum Gasteiger partial charge on any atom is -0.436 e. The van der Waals surface area contributed by atoms with Crippen molar-refractivity contribution in [3.63, 3.8) is 0 Å². The van der Waals surface area contributed by atoms with Crippen molar-refractivity contribution in [2.75, 3.05) is 10.6 Å². The van der Waals surface area contributed by atoms with Crippen LogP contribution in [0.25, 0.3) is 22.8 Å². The Bertz CT molecular complexity index is 1290. The normalized spacial score (nSPS) is 10.8. The number of carbonyl (C=O) groups excluding carboxylic acids is 2. The lowest BCUT2D eigenvalue weighted by Crippen LogP contribution is -2.18. The summed E-state index contributed by atoms with van der Waals surface area (Å²) in [5, 5.41) is 5.73. The van der Waals surface area contributed by atoms with Crippen LogP contribution in [-0.2, 0) is 4.79 Å². The van der Waals surface area contributed by atoms with Crippen LogP contribution in [0.1, 0.15) is 29.8 Å². The summed E-state index contributed by atoms with van der Waals surface area (Å²) in [6.45, 7) is 5.67. The van der Waals surface area contributed by atoms with Crippen molar-refractivity contribution in [1.29, 1.82) is 0 Å². The van der Waals surface area contributed by atoms with Gasteiger partial charge in [-0.3, -0.25) is 9.59 Å². The first-order valence-corrected chi connectivity index (χ1v) is 10.8. The van der Waals surface area contributed by atoms with E-state index in [1.54, 1.807) is 48.7 Å². The lowest BCUT2D eigenvalue weighted by atomic mass is 10.1.